The Kier molecular flexibility index (Phi) is 3.42. The summed E-state index contributed by atoms with van der Waals surface area (Å²) in [6.07, 6.45) is 7.09. The van der Waals surface area contributed by atoms with E-state index in [0.717, 1.165) is 22.5 Å². The molecule has 0 aliphatic rings. The lowest BCUT2D eigenvalue weighted by atomic mass is 10.0. The summed E-state index contributed by atoms with van der Waals surface area (Å²) < 4.78 is 20.4. The van der Waals surface area contributed by atoms with Crippen LogP contribution in [0.5, 0.6) is 0 Å². The van der Waals surface area contributed by atoms with E-state index in [1.807, 2.05) is 29.8 Å². The van der Waals surface area contributed by atoms with Gasteiger partial charge in [-0.25, -0.2) is 9.37 Å². The van der Waals surface area contributed by atoms with Crippen molar-refractivity contribution in [3.05, 3.63) is 72.9 Å². The van der Waals surface area contributed by atoms with Gasteiger partial charge in [-0.05, 0) is 43.3 Å². The predicted molar refractivity (Wildman–Crippen MR) is 87.0 cm³/mol. The fourth-order valence-electron chi connectivity index (χ4n) is 2.58. The van der Waals surface area contributed by atoms with Gasteiger partial charge in [-0.15, -0.1) is 0 Å². The zero-order valence-corrected chi connectivity index (χ0v) is 12.8. The van der Waals surface area contributed by atoms with Crippen LogP contribution in [-0.2, 0) is 0 Å². The molecule has 5 nitrogen and oxygen atoms in total. The molecular weight excluding hydrogens is 307 g/mol. The number of nitrogens with zero attached hydrogens (tertiary/aromatic N) is 4. The minimum Gasteiger partial charge on any atom is -0.360 e. The van der Waals surface area contributed by atoms with Crippen molar-refractivity contribution in [1.29, 1.82) is 0 Å². The molecule has 3 aromatic heterocycles. The highest BCUT2D eigenvalue weighted by atomic mass is 19.1. The van der Waals surface area contributed by atoms with Gasteiger partial charge >= 0.3 is 0 Å². The monoisotopic (exact) mass is 320 g/mol. The molecule has 0 unspecified atom stereocenters. The van der Waals surface area contributed by atoms with Crippen molar-refractivity contribution < 1.29 is 8.91 Å². The summed E-state index contributed by atoms with van der Waals surface area (Å²) in [5, 5.41) is 4.11. The van der Waals surface area contributed by atoms with Crippen molar-refractivity contribution in [2.75, 3.05) is 0 Å². The molecule has 0 atom stereocenters. The Hall–Kier alpha value is -3.28. The lowest BCUT2D eigenvalue weighted by molar-refractivity contribution is 0.400. The molecule has 0 fully saturated rings. The quantitative estimate of drug-likeness (QED) is 0.572. The minimum atomic E-state index is -0.290. The van der Waals surface area contributed by atoms with Gasteiger partial charge in [-0.1, -0.05) is 5.16 Å². The molecule has 118 valence electrons. The highest BCUT2D eigenvalue weighted by Gasteiger charge is 2.19. The van der Waals surface area contributed by atoms with Crippen molar-refractivity contribution in [2.24, 2.45) is 0 Å². The largest absolute Gasteiger partial charge is 0.360 e. The summed E-state index contributed by atoms with van der Waals surface area (Å²) in [6, 6.07) is 9.96. The second-order valence-corrected chi connectivity index (χ2v) is 5.35. The number of aromatic nitrogens is 4. The molecule has 0 N–H and O–H groups in total. The van der Waals surface area contributed by atoms with Crippen molar-refractivity contribution in [2.45, 2.75) is 6.92 Å². The molecular formula is C18H13FN4O. The van der Waals surface area contributed by atoms with Crippen LogP contribution in [0.15, 0.2) is 65.8 Å². The second kappa shape index (κ2) is 5.73. The maximum Gasteiger partial charge on any atom is 0.143 e. The highest BCUT2D eigenvalue weighted by molar-refractivity contribution is 5.79. The van der Waals surface area contributed by atoms with Gasteiger partial charge in [-0.3, -0.25) is 4.98 Å². The molecule has 0 radical (unpaired) electrons. The number of halogens is 1. The first kappa shape index (κ1) is 14.3. The van der Waals surface area contributed by atoms with Crippen LogP contribution in [0.3, 0.4) is 0 Å². The Morgan fingerprint density at radius 1 is 1.12 bits per heavy atom. The Morgan fingerprint density at radius 2 is 1.96 bits per heavy atom. The first-order valence-electron chi connectivity index (χ1n) is 7.39. The van der Waals surface area contributed by atoms with Gasteiger partial charge in [0.15, 0.2) is 0 Å². The molecule has 0 saturated carbocycles. The summed E-state index contributed by atoms with van der Waals surface area (Å²) >= 11 is 0. The van der Waals surface area contributed by atoms with Gasteiger partial charge in [0.05, 0.1) is 29.5 Å². The normalized spacial score (nSPS) is 10.9. The van der Waals surface area contributed by atoms with Crippen molar-refractivity contribution in [3.63, 3.8) is 0 Å². The van der Waals surface area contributed by atoms with Crippen LogP contribution in [0.1, 0.15) is 5.76 Å². The van der Waals surface area contributed by atoms with E-state index in [1.165, 1.54) is 12.1 Å². The van der Waals surface area contributed by atoms with Gasteiger partial charge in [0.2, 0.25) is 0 Å². The molecule has 0 aliphatic heterocycles. The lowest BCUT2D eigenvalue weighted by Gasteiger charge is -2.01. The average molecular weight is 320 g/mol. The molecule has 6 heteroatoms. The molecule has 0 aliphatic carbocycles. The van der Waals surface area contributed by atoms with Gasteiger partial charge in [0, 0.05) is 18.0 Å². The number of hydrogen-bond acceptors (Lipinski definition) is 4. The molecule has 4 aromatic rings. The number of hydrogen-bond donors (Lipinski definition) is 0. The summed E-state index contributed by atoms with van der Waals surface area (Å²) in [6.45, 7) is 1.83. The third-order valence-corrected chi connectivity index (χ3v) is 3.76. The summed E-state index contributed by atoms with van der Waals surface area (Å²) in [5.41, 5.74) is 3.86. The molecule has 0 bridgehead atoms. The van der Waals surface area contributed by atoms with E-state index < -0.39 is 0 Å². The fourth-order valence-corrected chi connectivity index (χ4v) is 2.58. The van der Waals surface area contributed by atoms with Gasteiger partial charge < -0.3 is 9.09 Å². The third-order valence-electron chi connectivity index (χ3n) is 3.76. The van der Waals surface area contributed by atoms with Crippen LogP contribution in [0, 0.1) is 12.7 Å². The number of aryl methyl sites for hydroxylation is 1. The van der Waals surface area contributed by atoms with Crippen LogP contribution in [-0.4, -0.2) is 19.7 Å². The van der Waals surface area contributed by atoms with Crippen LogP contribution in [0.25, 0.3) is 28.2 Å². The maximum atomic E-state index is 13.2. The van der Waals surface area contributed by atoms with Gasteiger partial charge in [0.25, 0.3) is 0 Å². The fraction of sp³-hybridized carbons (Fsp3) is 0.0556. The Labute approximate surface area is 137 Å². The number of benzene rings is 1. The lowest BCUT2D eigenvalue weighted by Crippen LogP contribution is -1.89. The van der Waals surface area contributed by atoms with Crippen molar-refractivity contribution in [3.8, 4) is 28.2 Å². The number of rotatable bonds is 3. The Bertz CT molecular complexity index is 974. The molecule has 3 heterocycles. The topological polar surface area (TPSA) is 56.7 Å². The maximum absolute atomic E-state index is 13.2. The summed E-state index contributed by atoms with van der Waals surface area (Å²) in [7, 11) is 0. The number of pyridine rings is 1. The van der Waals surface area contributed by atoms with Crippen LogP contribution < -0.4 is 0 Å². The first-order chi connectivity index (χ1) is 11.7. The molecule has 0 saturated heterocycles. The Morgan fingerprint density at radius 3 is 2.71 bits per heavy atom. The van der Waals surface area contributed by atoms with Crippen LogP contribution in [0.2, 0.25) is 0 Å². The second-order valence-electron chi connectivity index (χ2n) is 5.35. The van der Waals surface area contributed by atoms with Crippen molar-refractivity contribution in [1.82, 2.24) is 19.7 Å². The minimum absolute atomic E-state index is 0.290. The predicted octanol–water partition coefficient (Wildman–Crippen LogP) is 4.04. The zero-order chi connectivity index (χ0) is 16.5. The molecule has 24 heavy (non-hydrogen) atoms. The SMILES string of the molecule is Cc1onc(-c2ccc(F)cc2)c1-c1cn(-c2cccnc2)cn1. The van der Waals surface area contributed by atoms with E-state index in [-0.39, 0.29) is 5.82 Å². The highest BCUT2D eigenvalue weighted by Crippen LogP contribution is 2.33. The van der Waals surface area contributed by atoms with E-state index in [1.54, 1.807) is 30.9 Å². The smallest absolute Gasteiger partial charge is 0.143 e. The van der Waals surface area contributed by atoms with E-state index >= 15 is 0 Å². The summed E-state index contributed by atoms with van der Waals surface area (Å²) in [5.74, 6) is 0.368. The first-order valence-corrected chi connectivity index (χ1v) is 7.39. The van der Waals surface area contributed by atoms with Crippen LogP contribution in [0.4, 0.5) is 4.39 Å². The van der Waals surface area contributed by atoms with Crippen molar-refractivity contribution >= 4 is 0 Å². The summed E-state index contributed by atoms with van der Waals surface area (Å²) in [4.78, 5) is 8.57. The number of imidazole rings is 1. The molecule has 1 aromatic carbocycles. The van der Waals surface area contributed by atoms with Gasteiger partial charge in [0.1, 0.15) is 17.3 Å². The molecule has 4 rings (SSSR count). The van der Waals surface area contributed by atoms with Crippen LogP contribution >= 0.6 is 0 Å². The van der Waals surface area contributed by atoms with E-state index in [4.69, 9.17) is 4.52 Å². The average Bonchev–Trinajstić information content (AvgIpc) is 3.23. The van der Waals surface area contributed by atoms with E-state index in [0.29, 0.717) is 11.5 Å². The van der Waals surface area contributed by atoms with E-state index in [2.05, 4.69) is 15.1 Å². The third kappa shape index (κ3) is 2.48. The Balaban J connectivity index is 1.79. The molecule has 0 spiro atoms. The van der Waals surface area contributed by atoms with E-state index in [9.17, 15) is 4.39 Å². The van der Waals surface area contributed by atoms with Gasteiger partial charge in [-0.2, -0.15) is 0 Å². The molecule has 0 amide bonds. The standard InChI is InChI=1S/C18H13FN4O/c1-12-17(18(22-24-12)13-4-6-14(19)7-5-13)16-10-23(11-21-16)15-3-2-8-20-9-15/h2-11H,1H3. The zero-order valence-electron chi connectivity index (χ0n) is 12.8.